The summed E-state index contributed by atoms with van der Waals surface area (Å²) in [5.74, 6) is 0. The van der Waals surface area contributed by atoms with E-state index in [4.69, 9.17) is 0 Å². The maximum atomic E-state index is 11.6. The van der Waals surface area contributed by atoms with Gasteiger partial charge in [0.05, 0.1) is 10.6 Å². The van der Waals surface area contributed by atoms with Crippen molar-refractivity contribution in [1.29, 1.82) is 0 Å². The van der Waals surface area contributed by atoms with Gasteiger partial charge in [0.1, 0.15) is 0 Å². The average molecular weight is 279 g/mol. The molecule has 1 heterocycles. The molecule has 6 heteroatoms. The molecule has 0 spiro atoms. The molecular formula is C13H17N3O2S. The van der Waals surface area contributed by atoms with Gasteiger partial charge in [0, 0.05) is 38.2 Å². The van der Waals surface area contributed by atoms with E-state index in [1.807, 2.05) is 23.9 Å². The lowest BCUT2D eigenvalue weighted by atomic mass is 10.3. The Morgan fingerprint density at radius 3 is 2.63 bits per heavy atom. The van der Waals surface area contributed by atoms with Crippen LogP contribution in [0.15, 0.2) is 41.4 Å². The van der Waals surface area contributed by atoms with Crippen LogP contribution in [0.5, 0.6) is 0 Å². The Balaban J connectivity index is 2.06. The normalized spacial score (nSPS) is 11.5. The second-order valence-corrected chi connectivity index (χ2v) is 6.38. The summed E-state index contributed by atoms with van der Waals surface area (Å²) in [6, 6.07) is 8.88. The third kappa shape index (κ3) is 3.35. The first kappa shape index (κ1) is 13.6. The van der Waals surface area contributed by atoms with Crippen molar-refractivity contribution in [3.05, 3.63) is 42.2 Å². The Bertz CT molecular complexity index is 662. The summed E-state index contributed by atoms with van der Waals surface area (Å²) in [4.78, 5) is 0.333. The van der Waals surface area contributed by atoms with Crippen molar-refractivity contribution < 1.29 is 8.42 Å². The fourth-order valence-corrected chi connectivity index (χ4v) is 2.77. The molecule has 1 aromatic carbocycles. The van der Waals surface area contributed by atoms with Crippen molar-refractivity contribution in [3.63, 3.8) is 0 Å². The van der Waals surface area contributed by atoms with Crippen molar-refractivity contribution in [1.82, 2.24) is 9.78 Å². The van der Waals surface area contributed by atoms with Crippen LogP contribution in [-0.4, -0.2) is 31.0 Å². The van der Waals surface area contributed by atoms with Gasteiger partial charge in [-0.1, -0.05) is 12.1 Å². The van der Waals surface area contributed by atoms with Gasteiger partial charge in [-0.05, 0) is 18.2 Å². The van der Waals surface area contributed by atoms with Gasteiger partial charge in [0.15, 0.2) is 9.84 Å². The van der Waals surface area contributed by atoms with Crippen molar-refractivity contribution in [2.45, 2.75) is 11.3 Å². The fraction of sp³-hybridized carbons (Fsp3) is 0.308. The summed E-state index contributed by atoms with van der Waals surface area (Å²) < 4.78 is 25.1. The Kier molecular flexibility index (Phi) is 3.90. The number of rotatable bonds is 5. The Morgan fingerprint density at radius 1 is 1.26 bits per heavy atom. The van der Waals surface area contributed by atoms with Gasteiger partial charge in [0.2, 0.25) is 0 Å². The molecule has 0 aliphatic rings. The van der Waals surface area contributed by atoms with Gasteiger partial charge >= 0.3 is 0 Å². The molecule has 0 saturated heterocycles. The maximum absolute atomic E-state index is 11.6. The molecular weight excluding hydrogens is 262 g/mol. The predicted molar refractivity (Wildman–Crippen MR) is 75.0 cm³/mol. The molecule has 102 valence electrons. The van der Waals surface area contributed by atoms with E-state index in [0.29, 0.717) is 17.1 Å². The van der Waals surface area contributed by atoms with E-state index in [1.165, 1.54) is 6.26 Å². The minimum Gasteiger partial charge on any atom is -0.384 e. The fourth-order valence-electron chi connectivity index (χ4n) is 1.91. The largest absolute Gasteiger partial charge is 0.384 e. The molecule has 0 atom stereocenters. The van der Waals surface area contributed by atoms with Gasteiger partial charge in [-0.15, -0.1) is 0 Å². The lowest BCUT2D eigenvalue weighted by Crippen LogP contribution is -2.11. The van der Waals surface area contributed by atoms with Crippen LogP contribution >= 0.6 is 0 Å². The Hall–Kier alpha value is -1.82. The zero-order valence-electron chi connectivity index (χ0n) is 11.0. The number of benzene rings is 1. The summed E-state index contributed by atoms with van der Waals surface area (Å²) in [6.07, 6.45) is 3.75. The standard InChI is InChI=1S/C13H17N3O2S/c1-16-11(8-10-15-16)7-9-14-12-5-3-4-6-13(12)19(2,17)18/h3-6,8,10,14H,7,9H2,1-2H3. The van der Waals surface area contributed by atoms with E-state index in [1.54, 1.807) is 24.4 Å². The van der Waals surface area contributed by atoms with Crippen molar-refractivity contribution in [2.75, 3.05) is 18.1 Å². The number of para-hydroxylation sites is 1. The molecule has 2 aromatic rings. The number of aryl methyl sites for hydroxylation is 1. The van der Waals surface area contributed by atoms with E-state index in [2.05, 4.69) is 10.4 Å². The minimum atomic E-state index is -3.21. The van der Waals surface area contributed by atoms with Crippen molar-refractivity contribution in [3.8, 4) is 0 Å². The minimum absolute atomic E-state index is 0.333. The molecule has 0 bridgehead atoms. The van der Waals surface area contributed by atoms with Crippen LogP contribution in [0.1, 0.15) is 5.69 Å². The number of anilines is 1. The summed E-state index contributed by atoms with van der Waals surface area (Å²) >= 11 is 0. The van der Waals surface area contributed by atoms with Gasteiger partial charge < -0.3 is 5.32 Å². The van der Waals surface area contributed by atoms with E-state index in [-0.39, 0.29) is 0 Å². The number of aromatic nitrogens is 2. The molecule has 0 aliphatic carbocycles. The SMILES string of the molecule is Cn1nccc1CCNc1ccccc1S(C)(=O)=O. The summed E-state index contributed by atoms with van der Waals surface area (Å²) in [7, 11) is -1.32. The average Bonchev–Trinajstić information content (AvgIpc) is 2.75. The van der Waals surface area contributed by atoms with Gasteiger partial charge in [0.25, 0.3) is 0 Å². The first-order valence-electron chi connectivity index (χ1n) is 5.98. The highest BCUT2D eigenvalue weighted by Gasteiger charge is 2.11. The third-order valence-corrected chi connectivity index (χ3v) is 4.06. The molecule has 0 aliphatic heterocycles. The van der Waals surface area contributed by atoms with E-state index >= 15 is 0 Å². The number of nitrogens with one attached hydrogen (secondary N) is 1. The maximum Gasteiger partial charge on any atom is 0.177 e. The molecule has 0 fully saturated rings. The molecule has 0 unspecified atom stereocenters. The Morgan fingerprint density at radius 2 is 2.00 bits per heavy atom. The summed E-state index contributed by atoms with van der Waals surface area (Å²) in [6.45, 7) is 0.659. The van der Waals surface area contributed by atoms with Crippen LogP contribution in [0.4, 0.5) is 5.69 Å². The predicted octanol–water partition coefficient (Wildman–Crippen LogP) is 1.48. The molecule has 0 amide bonds. The topological polar surface area (TPSA) is 64.0 Å². The number of sulfone groups is 1. The van der Waals surface area contributed by atoms with E-state index < -0.39 is 9.84 Å². The highest BCUT2D eigenvalue weighted by atomic mass is 32.2. The number of nitrogens with zero attached hydrogens (tertiary/aromatic N) is 2. The molecule has 0 radical (unpaired) electrons. The molecule has 1 aromatic heterocycles. The van der Waals surface area contributed by atoms with Gasteiger partial charge in [-0.25, -0.2) is 8.42 Å². The highest BCUT2D eigenvalue weighted by Crippen LogP contribution is 2.20. The first-order valence-corrected chi connectivity index (χ1v) is 7.87. The molecule has 19 heavy (non-hydrogen) atoms. The number of hydrogen-bond acceptors (Lipinski definition) is 4. The van der Waals surface area contributed by atoms with Crippen molar-refractivity contribution >= 4 is 15.5 Å². The lowest BCUT2D eigenvalue weighted by molar-refractivity contribution is 0.602. The molecule has 1 N–H and O–H groups in total. The zero-order valence-corrected chi connectivity index (χ0v) is 11.8. The van der Waals surface area contributed by atoms with Crippen LogP contribution < -0.4 is 5.32 Å². The second kappa shape index (κ2) is 5.44. The van der Waals surface area contributed by atoms with E-state index in [0.717, 1.165) is 12.1 Å². The molecule has 0 saturated carbocycles. The quantitative estimate of drug-likeness (QED) is 0.900. The van der Waals surface area contributed by atoms with Crippen LogP contribution in [0.2, 0.25) is 0 Å². The monoisotopic (exact) mass is 279 g/mol. The van der Waals surface area contributed by atoms with Crippen LogP contribution in [0.25, 0.3) is 0 Å². The molecule has 2 rings (SSSR count). The van der Waals surface area contributed by atoms with Gasteiger partial charge in [-0.3, -0.25) is 4.68 Å². The summed E-state index contributed by atoms with van der Waals surface area (Å²) in [5, 5.41) is 7.26. The molecule has 5 nitrogen and oxygen atoms in total. The summed E-state index contributed by atoms with van der Waals surface area (Å²) in [5.41, 5.74) is 1.75. The second-order valence-electron chi connectivity index (χ2n) is 4.39. The zero-order chi connectivity index (χ0) is 13.9. The Labute approximate surface area is 113 Å². The van der Waals surface area contributed by atoms with Crippen LogP contribution in [-0.2, 0) is 23.3 Å². The van der Waals surface area contributed by atoms with Gasteiger partial charge in [-0.2, -0.15) is 5.10 Å². The van der Waals surface area contributed by atoms with Crippen LogP contribution in [0.3, 0.4) is 0 Å². The highest BCUT2D eigenvalue weighted by molar-refractivity contribution is 7.90. The third-order valence-electron chi connectivity index (χ3n) is 2.91. The van der Waals surface area contributed by atoms with Crippen molar-refractivity contribution in [2.24, 2.45) is 7.05 Å². The number of hydrogen-bond donors (Lipinski definition) is 1. The lowest BCUT2D eigenvalue weighted by Gasteiger charge is -2.10. The first-order chi connectivity index (χ1) is 8.98. The van der Waals surface area contributed by atoms with Crippen LogP contribution in [0, 0.1) is 0 Å². The van der Waals surface area contributed by atoms with E-state index in [9.17, 15) is 8.42 Å². The smallest absolute Gasteiger partial charge is 0.177 e.